The van der Waals surface area contributed by atoms with E-state index < -0.39 is 12.1 Å². The molecule has 1 aromatic rings. The molecule has 0 saturated carbocycles. The van der Waals surface area contributed by atoms with E-state index in [0.717, 1.165) is 6.42 Å². The fraction of sp³-hybridized carbons (Fsp3) is 0.625. The number of nitrogens with one attached hydrogen (secondary N) is 1. The highest BCUT2D eigenvalue weighted by molar-refractivity contribution is 7.09. The Morgan fingerprint density at radius 1 is 1.38 bits per heavy atom. The molecule has 4 nitrogen and oxygen atoms in total. The molecule has 1 aliphatic rings. The molecule has 1 aliphatic heterocycles. The van der Waals surface area contributed by atoms with Gasteiger partial charge in [-0.2, -0.15) is 0 Å². The number of nitrogens with zero attached hydrogens (tertiary/aromatic N) is 1. The maximum absolute atomic E-state index is 12.8. The van der Waals surface area contributed by atoms with Gasteiger partial charge in [0.2, 0.25) is 11.8 Å². The summed E-state index contributed by atoms with van der Waals surface area (Å²) in [6, 6.07) is 3.24. The first-order valence-electron chi connectivity index (χ1n) is 7.36. The zero-order valence-corrected chi connectivity index (χ0v) is 14.2. The molecule has 0 spiro atoms. The van der Waals surface area contributed by atoms with Crippen molar-refractivity contribution >= 4 is 23.2 Å². The molecule has 2 rings (SSSR count). The standard InChI is InChI=1S/C16H24N2O2S/c1-10(9-12-7-6-8-21-12)18-11(2)14(19)17-13(15(18)20)16(3,4)5/h6-8,10-11,13H,9H2,1-5H3,(H,17,19). The summed E-state index contributed by atoms with van der Waals surface area (Å²) in [4.78, 5) is 28.0. The van der Waals surface area contributed by atoms with Gasteiger partial charge in [-0.3, -0.25) is 9.59 Å². The minimum atomic E-state index is -0.452. The summed E-state index contributed by atoms with van der Waals surface area (Å²) in [5, 5.41) is 4.91. The van der Waals surface area contributed by atoms with Crippen LogP contribution in [0.3, 0.4) is 0 Å². The number of piperazine rings is 1. The first-order chi connectivity index (χ1) is 9.71. The molecule has 2 amide bonds. The Morgan fingerprint density at radius 3 is 2.57 bits per heavy atom. The van der Waals surface area contributed by atoms with E-state index in [0.29, 0.717) is 0 Å². The van der Waals surface area contributed by atoms with Gasteiger partial charge in [0.15, 0.2) is 0 Å². The van der Waals surface area contributed by atoms with Crippen LogP contribution in [-0.4, -0.2) is 34.8 Å². The van der Waals surface area contributed by atoms with E-state index >= 15 is 0 Å². The number of carbonyl (C=O) groups is 2. The Labute approximate surface area is 130 Å². The number of thiophene rings is 1. The van der Waals surface area contributed by atoms with Gasteiger partial charge >= 0.3 is 0 Å². The average molecular weight is 308 g/mol. The van der Waals surface area contributed by atoms with Crippen LogP contribution < -0.4 is 5.32 Å². The molecule has 1 N–H and O–H groups in total. The topological polar surface area (TPSA) is 49.4 Å². The van der Waals surface area contributed by atoms with E-state index in [-0.39, 0.29) is 23.3 Å². The SMILES string of the molecule is CC(Cc1cccs1)N1C(=O)C(C(C)(C)C)NC(=O)C1C. The summed E-state index contributed by atoms with van der Waals surface area (Å²) in [7, 11) is 0. The molecule has 1 fully saturated rings. The fourth-order valence-corrected chi connectivity index (χ4v) is 3.62. The van der Waals surface area contributed by atoms with Crippen molar-refractivity contribution in [1.82, 2.24) is 10.2 Å². The van der Waals surface area contributed by atoms with E-state index in [1.54, 1.807) is 23.2 Å². The van der Waals surface area contributed by atoms with Gasteiger partial charge in [-0.25, -0.2) is 0 Å². The van der Waals surface area contributed by atoms with Crippen molar-refractivity contribution < 1.29 is 9.59 Å². The van der Waals surface area contributed by atoms with Crippen LogP contribution in [0.1, 0.15) is 39.5 Å². The van der Waals surface area contributed by atoms with Crippen molar-refractivity contribution in [3.05, 3.63) is 22.4 Å². The summed E-state index contributed by atoms with van der Waals surface area (Å²) in [5.74, 6) is -0.0359. The molecular formula is C16H24N2O2S. The second kappa shape index (κ2) is 5.79. The van der Waals surface area contributed by atoms with Gasteiger partial charge in [0.05, 0.1) is 0 Å². The Hall–Kier alpha value is -1.36. The van der Waals surface area contributed by atoms with Crippen molar-refractivity contribution in [2.24, 2.45) is 5.41 Å². The van der Waals surface area contributed by atoms with Crippen molar-refractivity contribution in [2.45, 2.75) is 59.2 Å². The lowest BCUT2D eigenvalue weighted by Crippen LogP contribution is -2.67. The molecule has 0 bridgehead atoms. The lowest BCUT2D eigenvalue weighted by atomic mass is 9.83. The molecule has 3 atom stereocenters. The predicted molar refractivity (Wildman–Crippen MR) is 85.2 cm³/mol. The van der Waals surface area contributed by atoms with Gasteiger partial charge in [-0.1, -0.05) is 26.8 Å². The molecule has 0 radical (unpaired) electrons. The lowest BCUT2D eigenvalue weighted by molar-refractivity contribution is -0.154. The third kappa shape index (κ3) is 3.28. The Bertz CT molecular complexity index is 519. The second-order valence-electron chi connectivity index (χ2n) is 6.86. The van der Waals surface area contributed by atoms with Gasteiger partial charge in [0.25, 0.3) is 0 Å². The molecule has 5 heteroatoms. The van der Waals surface area contributed by atoms with Gasteiger partial charge in [-0.15, -0.1) is 11.3 Å². The van der Waals surface area contributed by atoms with Crippen molar-refractivity contribution in [1.29, 1.82) is 0 Å². The van der Waals surface area contributed by atoms with E-state index in [4.69, 9.17) is 0 Å². The van der Waals surface area contributed by atoms with E-state index in [1.165, 1.54) is 4.88 Å². The third-order valence-corrected chi connectivity index (χ3v) is 4.90. The van der Waals surface area contributed by atoms with Crippen LogP contribution in [0.25, 0.3) is 0 Å². The average Bonchev–Trinajstić information content (AvgIpc) is 2.85. The smallest absolute Gasteiger partial charge is 0.246 e. The van der Waals surface area contributed by atoms with Crippen molar-refractivity contribution in [3.8, 4) is 0 Å². The molecule has 1 aromatic heterocycles. The minimum Gasteiger partial charge on any atom is -0.342 e. The maximum atomic E-state index is 12.8. The predicted octanol–water partition coefficient (Wildman–Crippen LogP) is 2.44. The molecule has 1 saturated heterocycles. The number of hydrogen-bond acceptors (Lipinski definition) is 3. The number of carbonyl (C=O) groups excluding carboxylic acids is 2. The minimum absolute atomic E-state index is 0.0158. The van der Waals surface area contributed by atoms with Crippen LogP contribution in [-0.2, 0) is 16.0 Å². The molecule has 116 valence electrons. The Morgan fingerprint density at radius 2 is 2.05 bits per heavy atom. The highest BCUT2D eigenvalue weighted by Crippen LogP contribution is 2.27. The van der Waals surface area contributed by atoms with Crippen molar-refractivity contribution in [2.75, 3.05) is 0 Å². The van der Waals surface area contributed by atoms with E-state index in [2.05, 4.69) is 11.4 Å². The van der Waals surface area contributed by atoms with E-state index in [9.17, 15) is 9.59 Å². The number of rotatable bonds is 3. The number of hydrogen-bond donors (Lipinski definition) is 1. The largest absolute Gasteiger partial charge is 0.342 e. The van der Waals surface area contributed by atoms with E-state index in [1.807, 2.05) is 39.1 Å². The molecular weight excluding hydrogens is 284 g/mol. The maximum Gasteiger partial charge on any atom is 0.246 e. The van der Waals surface area contributed by atoms with Gasteiger partial charge in [0.1, 0.15) is 12.1 Å². The summed E-state index contributed by atoms with van der Waals surface area (Å²) in [6.07, 6.45) is 0.790. The molecule has 21 heavy (non-hydrogen) atoms. The highest BCUT2D eigenvalue weighted by Gasteiger charge is 2.45. The van der Waals surface area contributed by atoms with Crippen LogP contribution in [0, 0.1) is 5.41 Å². The van der Waals surface area contributed by atoms with Crippen molar-refractivity contribution in [3.63, 3.8) is 0 Å². The molecule has 0 aliphatic carbocycles. The summed E-state index contributed by atoms with van der Waals surface area (Å²) in [5.41, 5.74) is -0.284. The number of amides is 2. The molecule has 2 heterocycles. The highest BCUT2D eigenvalue weighted by atomic mass is 32.1. The van der Waals surface area contributed by atoms with Crippen LogP contribution in [0.5, 0.6) is 0 Å². The quantitative estimate of drug-likeness (QED) is 0.932. The summed E-state index contributed by atoms with van der Waals surface area (Å²) >= 11 is 1.69. The first-order valence-corrected chi connectivity index (χ1v) is 8.24. The molecule has 0 aromatic carbocycles. The summed E-state index contributed by atoms with van der Waals surface area (Å²) in [6.45, 7) is 9.76. The summed E-state index contributed by atoms with van der Waals surface area (Å²) < 4.78 is 0. The Balaban J connectivity index is 2.22. The molecule has 3 unspecified atom stereocenters. The first kappa shape index (κ1) is 16.0. The van der Waals surface area contributed by atoms with Crippen LogP contribution >= 0.6 is 11.3 Å². The normalized spacial score (nSPS) is 24.9. The van der Waals surface area contributed by atoms with Crippen LogP contribution in [0.2, 0.25) is 0 Å². The fourth-order valence-electron chi connectivity index (χ4n) is 2.79. The zero-order valence-electron chi connectivity index (χ0n) is 13.3. The Kier molecular flexibility index (Phi) is 4.42. The van der Waals surface area contributed by atoms with Gasteiger partial charge < -0.3 is 10.2 Å². The monoisotopic (exact) mass is 308 g/mol. The lowest BCUT2D eigenvalue weighted by Gasteiger charge is -2.44. The van der Waals surface area contributed by atoms with Gasteiger partial charge in [0, 0.05) is 17.3 Å². The van der Waals surface area contributed by atoms with Crippen LogP contribution in [0.15, 0.2) is 17.5 Å². The van der Waals surface area contributed by atoms with Crippen LogP contribution in [0.4, 0.5) is 0 Å². The second-order valence-corrected chi connectivity index (χ2v) is 7.89. The van der Waals surface area contributed by atoms with Gasteiger partial charge in [-0.05, 0) is 30.7 Å². The zero-order chi connectivity index (χ0) is 15.8. The third-order valence-electron chi connectivity index (χ3n) is 4.00.